The summed E-state index contributed by atoms with van der Waals surface area (Å²) in [5.41, 5.74) is 0. The molecule has 0 spiro atoms. The lowest BCUT2D eigenvalue weighted by atomic mass is 10.1. The van der Waals surface area contributed by atoms with Gasteiger partial charge in [0.2, 0.25) is 0 Å². The van der Waals surface area contributed by atoms with Gasteiger partial charge >= 0.3 is 5.97 Å². The molecule has 2 nitrogen and oxygen atoms in total. The first-order chi connectivity index (χ1) is 11.0. The molecule has 0 aliphatic carbocycles. The summed E-state index contributed by atoms with van der Waals surface area (Å²) in [6.07, 6.45) is 12.8. The molecule has 0 saturated heterocycles. The van der Waals surface area contributed by atoms with Gasteiger partial charge in [0.1, 0.15) is 0 Å². The van der Waals surface area contributed by atoms with E-state index in [4.69, 9.17) is 5.11 Å². The van der Waals surface area contributed by atoms with E-state index < -0.39 is 13.2 Å². The van der Waals surface area contributed by atoms with E-state index in [0.29, 0.717) is 6.42 Å². The van der Waals surface area contributed by atoms with E-state index in [1.165, 1.54) is 51.1 Å². The predicted molar refractivity (Wildman–Crippen MR) is 104 cm³/mol. The molecule has 0 aliphatic rings. The second kappa shape index (κ2) is 13.8. The third-order valence-corrected chi connectivity index (χ3v) is 7.69. The molecule has 1 N–H and O–H groups in total. The smallest absolute Gasteiger partial charge is 0.303 e. The Balaban J connectivity index is 0.00000529. The van der Waals surface area contributed by atoms with Crippen molar-refractivity contribution in [3.8, 4) is 0 Å². The number of carbonyl (C=O) groups is 1. The maximum Gasteiger partial charge on any atom is 0.303 e. The maximum absolute atomic E-state index is 10.4. The normalized spacial score (nSPS) is 11.1. The average molecular weight is 417 g/mol. The highest BCUT2D eigenvalue weighted by atomic mass is 79.9. The van der Waals surface area contributed by atoms with Gasteiger partial charge in [-0.15, -0.1) is 0 Å². The Morgan fingerprint density at radius 2 is 1.29 bits per heavy atom. The number of halogens is 1. The molecule has 0 aliphatic heterocycles. The van der Waals surface area contributed by atoms with Crippen molar-refractivity contribution in [2.45, 2.75) is 64.2 Å². The molecule has 1 aromatic carbocycles. The van der Waals surface area contributed by atoms with Gasteiger partial charge in [-0.05, 0) is 31.4 Å². The summed E-state index contributed by atoms with van der Waals surface area (Å²) < 4.78 is 0. The molecule has 1 rings (SSSR count). The van der Waals surface area contributed by atoms with Crippen molar-refractivity contribution in [1.82, 2.24) is 0 Å². The van der Waals surface area contributed by atoms with Crippen LogP contribution in [-0.4, -0.2) is 30.6 Å². The molecule has 0 aromatic heterocycles. The minimum absolute atomic E-state index is 0. The van der Waals surface area contributed by atoms with Crippen molar-refractivity contribution >= 4 is 18.5 Å². The van der Waals surface area contributed by atoms with Gasteiger partial charge in [-0.3, -0.25) is 4.79 Å². The molecule has 0 bridgehead atoms. The van der Waals surface area contributed by atoms with Crippen LogP contribution >= 0.6 is 7.26 Å². The molecule has 4 heteroatoms. The van der Waals surface area contributed by atoms with Gasteiger partial charge in [-0.1, -0.05) is 56.7 Å². The number of benzene rings is 1. The van der Waals surface area contributed by atoms with Crippen LogP contribution in [0.5, 0.6) is 0 Å². The number of unbranched alkanes of at least 4 members (excludes halogenated alkanes) is 8. The highest BCUT2D eigenvalue weighted by molar-refractivity contribution is 7.81. The number of hydrogen-bond donors (Lipinski definition) is 1. The van der Waals surface area contributed by atoms with Crippen molar-refractivity contribution in [1.29, 1.82) is 0 Å². The SMILES string of the molecule is C[P+](C)(CCCCCCCCCCCC(=O)O)c1ccccc1.[Br-]. The highest BCUT2D eigenvalue weighted by Gasteiger charge is 2.26. The van der Waals surface area contributed by atoms with Crippen molar-refractivity contribution < 1.29 is 26.9 Å². The van der Waals surface area contributed by atoms with Crippen LogP contribution in [0.25, 0.3) is 0 Å². The zero-order valence-electron chi connectivity index (χ0n) is 15.3. The second-order valence-electron chi connectivity index (χ2n) is 7.07. The number of rotatable bonds is 13. The Hall–Kier alpha value is -0.400. The van der Waals surface area contributed by atoms with Crippen molar-refractivity contribution in [2.75, 3.05) is 19.5 Å². The van der Waals surface area contributed by atoms with E-state index in [-0.39, 0.29) is 17.0 Å². The zero-order chi connectivity index (χ0) is 17.0. The number of carboxylic acids is 1. The van der Waals surface area contributed by atoms with Crippen LogP contribution in [0.1, 0.15) is 64.2 Å². The standard InChI is InChI=1S/C20H33O2P.BrH/c1-23(2,19-15-11-10-12-16-19)18-14-9-7-5-3-4-6-8-13-17-20(21)22;/h10-12,15-16H,3-9,13-14,17-18H2,1-2H3;1H. The average Bonchev–Trinajstić information content (AvgIpc) is 2.53. The fourth-order valence-corrected chi connectivity index (χ4v) is 5.23. The van der Waals surface area contributed by atoms with Gasteiger partial charge in [0.15, 0.2) is 0 Å². The lowest BCUT2D eigenvalue weighted by Gasteiger charge is -2.17. The Bertz CT molecular complexity index is 435. The first kappa shape index (κ1) is 23.6. The molecular formula is C20H34BrO2P. The van der Waals surface area contributed by atoms with E-state index in [1.54, 1.807) is 5.30 Å². The Kier molecular flexibility index (Phi) is 13.6. The molecule has 24 heavy (non-hydrogen) atoms. The molecular weight excluding hydrogens is 383 g/mol. The van der Waals surface area contributed by atoms with Crippen LogP contribution < -0.4 is 22.3 Å². The highest BCUT2D eigenvalue weighted by Crippen LogP contribution is 2.50. The Morgan fingerprint density at radius 1 is 0.833 bits per heavy atom. The van der Waals surface area contributed by atoms with Gasteiger partial charge in [0, 0.05) is 13.7 Å². The largest absolute Gasteiger partial charge is 1.00 e. The van der Waals surface area contributed by atoms with E-state index in [0.717, 1.165) is 12.8 Å². The summed E-state index contributed by atoms with van der Waals surface area (Å²) in [6.45, 7) is 4.92. The van der Waals surface area contributed by atoms with Crippen LogP contribution in [0.2, 0.25) is 0 Å². The predicted octanol–water partition coefficient (Wildman–Crippen LogP) is 2.58. The second-order valence-corrected chi connectivity index (χ2v) is 11.4. The fourth-order valence-electron chi connectivity index (χ4n) is 2.98. The number of hydrogen-bond acceptors (Lipinski definition) is 1. The van der Waals surface area contributed by atoms with Gasteiger partial charge in [0.05, 0.1) is 24.8 Å². The van der Waals surface area contributed by atoms with Crippen LogP contribution in [0.3, 0.4) is 0 Å². The summed E-state index contributed by atoms with van der Waals surface area (Å²) in [4.78, 5) is 10.4. The van der Waals surface area contributed by atoms with E-state index in [2.05, 4.69) is 43.7 Å². The fraction of sp³-hybridized carbons (Fsp3) is 0.650. The first-order valence-electron chi connectivity index (χ1n) is 9.13. The summed E-state index contributed by atoms with van der Waals surface area (Å²) in [5, 5.41) is 10.1. The minimum atomic E-state index is -0.925. The molecule has 138 valence electrons. The molecule has 0 unspecified atom stereocenters. The molecule has 0 radical (unpaired) electrons. The van der Waals surface area contributed by atoms with E-state index in [9.17, 15) is 4.79 Å². The van der Waals surface area contributed by atoms with E-state index >= 15 is 0 Å². The van der Waals surface area contributed by atoms with E-state index in [1.807, 2.05) is 0 Å². The van der Waals surface area contributed by atoms with Gasteiger partial charge < -0.3 is 22.1 Å². The molecule has 0 atom stereocenters. The van der Waals surface area contributed by atoms with Crippen molar-refractivity contribution in [3.05, 3.63) is 30.3 Å². The van der Waals surface area contributed by atoms with Gasteiger partial charge in [-0.2, -0.15) is 0 Å². The monoisotopic (exact) mass is 416 g/mol. The lowest BCUT2D eigenvalue weighted by molar-refractivity contribution is -0.137. The first-order valence-corrected chi connectivity index (χ1v) is 12.0. The molecule has 0 fully saturated rings. The summed E-state index contributed by atoms with van der Waals surface area (Å²) in [6, 6.07) is 11.0. The van der Waals surface area contributed by atoms with Crippen LogP contribution in [-0.2, 0) is 4.79 Å². The summed E-state index contributed by atoms with van der Waals surface area (Å²) >= 11 is 0. The quantitative estimate of drug-likeness (QED) is 0.396. The maximum atomic E-state index is 10.4. The van der Waals surface area contributed by atoms with Gasteiger partial charge in [-0.25, -0.2) is 0 Å². The number of carboxylic acid groups (broad SMARTS) is 1. The third-order valence-electron chi connectivity index (χ3n) is 4.56. The third kappa shape index (κ3) is 11.2. The molecule has 0 heterocycles. The summed E-state index contributed by atoms with van der Waals surface area (Å²) in [5.74, 6) is -0.661. The zero-order valence-corrected chi connectivity index (χ0v) is 17.8. The Morgan fingerprint density at radius 3 is 1.79 bits per heavy atom. The topological polar surface area (TPSA) is 37.3 Å². The molecule has 0 saturated carbocycles. The van der Waals surface area contributed by atoms with Gasteiger partial charge in [0.25, 0.3) is 0 Å². The summed E-state index contributed by atoms with van der Waals surface area (Å²) in [7, 11) is -0.925. The van der Waals surface area contributed by atoms with Crippen LogP contribution in [0.4, 0.5) is 0 Å². The van der Waals surface area contributed by atoms with Crippen molar-refractivity contribution in [3.63, 3.8) is 0 Å². The van der Waals surface area contributed by atoms with Crippen LogP contribution in [0, 0.1) is 0 Å². The number of aliphatic carboxylic acids is 1. The Labute approximate surface area is 159 Å². The molecule has 0 amide bonds. The van der Waals surface area contributed by atoms with Crippen molar-refractivity contribution in [2.24, 2.45) is 0 Å². The minimum Gasteiger partial charge on any atom is -1.00 e. The van der Waals surface area contributed by atoms with Crippen LogP contribution in [0.15, 0.2) is 30.3 Å². The molecule has 1 aromatic rings. The lowest BCUT2D eigenvalue weighted by Crippen LogP contribution is -3.00.